The Morgan fingerprint density at radius 3 is 1.74 bits per heavy atom. The second kappa shape index (κ2) is 14.7. The lowest BCUT2D eigenvalue weighted by atomic mass is 9.79. The van der Waals surface area contributed by atoms with Gasteiger partial charge in [-0.1, -0.05) is 47.6 Å². The molecular weight excluding hydrogens is 546 g/mol. The Kier molecular flexibility index (Phi) is 12.8. The molecule has 3 unspecified atom stereocenters. The predicted octanol–water partition coefficient (Wildman–Crippen LogP) is 6.59. The van der Waals surface area contributed by atoms with Crippen molar-refractivity contribution >= 4 is 24.2 Å². The fraction of sp³-hybridized carbons (Fsp3) is 0.677. The van der Waals surface area contributed by atoms with E-state index in [4.69, 9.17) is 29.4 Å². The van der Waals surface area contributed by atoms with Crippen LogP contribution in [0.1, 0.15) is 107 Å². The molecule has 0 amide bonds. The Morgan fingerprint density at radius 1 is 0.833 bits per heavy atom. The third-order valence-corrected chi connectivity index (χ3v) is 7.13. The van der Waals surface area contributed by atoms with Gasteiger partial charge in [-0.3, -0.25) is 9.59 Å². The number of rotatable bonds is 13. The first-order valence-corrected chi connectivity index (χ1v) is 14.2. The summed E-state index contributed by atoms with van der Waals surface area (Å²) in [7, 11) is 0. The van der Waals surface area contributed by atoms with Crippen molar-refractivity contribution in [2.45, 2.75) is 125 Å². The zero-order valence-electron chi connectivity index (χ0n) is 26.9. The number of aliphatic carboxylic acids is 1. The summed E-state index contributed by atoms with van der Waals surface area (Å²) >= 11 is 0. The smallest absolute Gasteiger partial charge is 0.480 e. The summed E-state index contributed by atoms with van der Waals surface area (Å²) in [6.07, 6.45) is -1.59. The van der Waals surface area contributed by atoms with Crippen molar-refractivity contribution in [3.05, 3.63) is 23.8 Å². The summed E-state index contributed by atoms with van der Waals surface area (Å²) in [5.41, 5.74) is 4.55. The maximum absolute atomic E-state index is 12.7. The van der Waals surface area contributed by atoms with E-state index in [1.807, 2.05) is 34.6 Å². The number of esters is 1. The number of hydrogen-bond acceptors (Lipinski definition) is 10. The zero-order valence-corrected chi connectivity index (χ0v) is 26.9. The third kappa shape index (κ3) is 11.9. The van der Waals surface area contributed by atoms with Crippen LogP contribution in [0.15, 0.2) is 18.2 Å². The molecule has 1 aromatic carbocycles. The minimum Gasteiger partial charge on any atom is -0.480 e. The van der Waals surface area contributed by atoms with E-state index in [0.717, 1.165) is 0 Å². The highest BCUT2D eigenvalue weighted by atomic mass is 16.8. The van der Waals surface area contributed by atoms with Crippen LogP contribution in [0, 0.1) is 11.3 Å². The van der Waals surface area contributed by atoms with Crippen LogP contribution < -0.4 is 15.2 Å². The monoisotopic (exact) mass is 595 g/mol. The van der Waals surface area contributed by atoms with E-state index in [1.165, 1.54) is 18.2 Å². The van der Waals surface area contributed by atoms with Gasteiger partial charge in [-0.15, -0.1) is 0 Å². The molecule has 0 aromatic heterocycles. The van der Waals surface area contributed by atoms with Crippen molar-refractivity contribution in [1.82, 2.24) is 0 Å². The molecule has 1 rings (SSSR count). The van der Waals surface area contributed by atoms with Crippen LogP contribution in [0.5, 0.6) is 11.5 Å². The van der Waals surface area contributed by atoms with E-state index < -0.39 is 59.4 Å². The fourth-order valence-corrected chi connectivity index (χ4v) is 3.79. The lowest BCUT2D eigenvalue weighted by Gasteiger charge is -2.32. The van der Waals surface area contributed by atoms with Crippen LogP contribution in [0.25, 0.3) is 0 Å². The molecule has 0 aliphatic heterocycles. The van der Waals surface area contributed by atoms with Crippen LogP contribution in [0.4, 0.5) is 9.59 Å². The Hall–Kier alpha value is -3.34. The lowest BCUT2D eigenvalue weighted by molar-refractivity contribution is -0.153. The Labute approximate surface area is 249 Å². The third-order valence-electron chi connectivity index (χ3n) is 7.13. The highest BCUT2D eigenvalue weighted by Gasteiger charge is 2.36. The molecule has 11 nitrogen and oxygen atoms in total. The molecule has 0 aliphatic rings. The SMILES string of the molecule is CCC(C)(C)OC(=O)Oc1ccc(C(C(C)C(C)OC(=O)CC(C)(C)C)[C@H](N)C(=O)O)cc1OC(=O)OC(C)(C)CC. The molecule has 0 spiro atoms. The lowest BCUT2D eigenvalue weighted by Crippen LogP contribution is -2.42. The van der Waals surface area contributed by atoms with Gasteiger partial charge in [0.2, 0.25) is 0 Å². The van der Waals surface area contributed by atoms with Gasteiger partial charge in [-0.2, -0.15) is 0 Å². The number of nitrogens with two attached hydrogens (primary N) is 1. The van der Waals surface area contributed by atoms with Crippen LogP contribution in [-0.2, 0) is 23.8 Å². The van der Waals surface area contributed by atoms with Crippen molar-refractivity contribution in [1.29, 1.82) is 0 Å². The number of benzene rings is 1. The molecule has 42 heavy (non-hydrogen) atoms. The van der Waals surface area contributed by atoms with E-state index in [0.29, 0.717) is 18.4 Å². The first-order valence-electron chi connectivity index (χ1n) is 14.2. The Bertz CT molecular complexity index is 1110. The number of hydrogen-bond donors (Lipinski definition) is 2. The second-order valence-corrected chi connectivity index (χ2v) is 13.0. The van der Waals surface area contributed by atoms with Gasteiger partial charge in [0.15, 0.2) is 11.5 Å². The molecule has 1 aromatic rings. The first kappa shape index (κ1) is 36.7. The summed E-state index contributed by atoms with van der Waals surface area (Å²) in [6, 6.07) is 2.81. The fourth-order valence-electron chi connectivity index (χ4n) is 3.79. The minimum atomic E-state index is -1.41. The van der Waals surface area contributed by atoms with E-state index in [-0.39, 0.29) is 23.3 Å². The molecule has 0 radical (unpaired) electrons. The molecule has 238 valence electrons. The molecule has 11 heteroatoms. The molecule has 0 saturated heterocycles. The van der Waals surface area contributed by atoms with Crippen molar-refractivity contribution in [2.75, 3.05) is 0 Å². The van der Waals surface area contributed by atoms with Crippen molar-refractivity contribution < 1.29 is 48.0 Å². The number of carboxylic acid groups (broad SMARTS) is 1. The Morgan fingerprint density at radius 2 is 1.31 bits per heavy atom. The van der Waals surface area contributed by atoms with Gasteiger partial charge in [0, 0.05) is 11.8 Å². The van der Waals surface area contributed by atoms with Crippen LogP contribution in [0.2, 0.25) is 0 Å². The van der Waals surface area contributed by atoms with Crippen molar-refractivity contribution in [2.24, 2.45) is 17.1 Å². The standard InChI is InChI=1S/C31H49NO10/c1-12-30(8,9)41-27(36)39-21-15-14-20(16-22(21)40-28(37)42-31(10,11)13-2)24(25(32)26(34)35)18(3)19(4)38-23(33)17-29(5,6)7/h14-16,18-19,24-25H,12-13,17,32H2,1-11H3,(H,34,35)/t18?,19?,24?,25-/m0/s1. The largest absolute Gasteiger partial charge is 0.514 e. The van der Waals surface area contributed by atoms with Gasteiger partial charge < -0.3 is 34.5 Å². The highest BCUT2D eigenvalue weighted by molar-refractivity contribution is 5.75. The molecule has 3 N–H and O–H groups in total. The molecule has 0 bridgehead atoms. The molecule has 0 saturated carbocycles. The van der Waals surface area contributed by atoms with Crippen molar-refractivity contribution in [3.63, 3.8) is 0 Å². The molecule has 0 aliphatic carbocycles. The molecule has 0 heterocycles. The normalized spacial score (nSPS) is 15.0. The number of carbonyl (C=O) groups is 4. The average Bonchev–Trinajstić information content (AvgIpc) is 2.83. The van der Waals surface area contributed by atoms with Gasteiger partial charge in [0.25, 0.3) is 0 Å². The summed E-state index contributed by atoms with van der Waals surface area (Å²) in [5, 5.41) is 9.83. The van der Waals surface area contributed by atoms with Gasteiger partial charge in [0.05, 0.1) is 6.42 Å². The average molecular weight is 596 g/mol. The molecule has 4 atom stereocenters. The number of carbonyl (C=O) groups excluding carboxylic acids is 3. The highest BCUT2D eigenvalue weighted by Crippen LogP contribution is 2.38. The van der Waals surface area contributed by atoms with E-state index in [9.17, 15) is 24.3 Å². The summed E-state index contributed by atoms with van der Waals surface area (Å²) in [4.78, 5) is 49.8. The van der Waals surface area contributed by atoms with Crippen LogP contribution >= 0.6 is 0 Å². The topological polar surface area (TPSA) is 161 Å². The zero-order chi connectivity index (χ0) is 32.6. The summed E-state index contributed by atoms with van der Waals surface area (Å²) < 4.78 is 27.2. The van der Waals surface area contributed by atoms with E-state index >= 15 is 0 Å². The number of carboxylic acids is 1. The van der Waals surface area contributed by atoms with Gasteiger partial charge in [-0.05, 0) is 70.6 Å². The van der Waals surface area contributed by atoms with Crippen LogP contribution in [0.3, 0.4) is 0 Å². The van der Waals surface area contributed by atoms with Gasteiger partial charge >= 0.3 is 24.2 Å². The predicted molar refractivity (Wildman–Crippen MR) is 157 cm³/mol. The minimum absolute atomic E-state index is 0.151. The maximum atomic E-state index is 12.7. The van der Waals surface area contributed by atoms with Crippen molar-refractivity contribution in [3.8, 4) is 11.5 Å². The van der Waals surface area contributed by atoms with E-state index in [2.05, 4.69) is 0 Å². The number of ether oxygens (including phenoxy) is 5. The van der Waals surface area contributed by atoms with Crippen LogP contribution in [-0.4, -0.2) is 52.7 Å². The Balaban J connectivity index is 3.52. The van der Waals surface area contributed by atoms with Gasteiger partial charge in [-0.25, -0.2) is 9.59 Å². The van der Waals surface area contributed by atoms with Gasteiger partial charge in [0.1, 0.15) is 23.3 Å². The van der Waals surface area contributed by atoms with E-state index in [1.54, 1.807) is 41.5 Å². The quantitative estimate of drug-likeness (QED) is 0.144. The first-order chi connectivity index (χ1) is 19.1. The molecular formula is C31H49NO10. The summed E-state index contributed by atoms with van der Waals surface area (Å²) in [6.45, 7) is 19.6. The summed E-state index contributed by atoms with van der Waals surface area (Å²) in [5.74, 6) is -3.54. The molecule has 0 fully saturated rings. The second-order valence-electron chi connectivity index (χ2n) is 13.0. The maximum Gasteiger partial charge on any atom is 0.514 e.